The van der Waals surface area contributed by atoms with Gasteiger partial charge in [0, 0.05) is 32.6 Å². The lowest BCUT2D eigenvalue weighted by molar-refractivity contribution is -0.140. The lowest BCUT2D eigenvalue weighted by Gasteiger charge is -2.36. The fourth-order valence-electron chi connectivity index (χ4n) is 4.82. The van der Waals surface area contributed by atoms with Gasteiger partial charge in [0.25, 0.3) is 0 Å². The Balaban J connectivity index is 1.35. The number of hydrogen-bond acceptors (Lipinski definition) is 3. The van der Waals surface area contributed by atoms with Crippen LogP contribution in [0.4, 0.5) is 0 Å². The zero-order chi connectivity index (χ0) is 21.1. The summed E-state index contributed by atoms with van der Waals surface area (Å²) in [7, 11) is 1.67. The molecule has 2 aliphatic rings. The Bertz CT molecular complexity index is 912. The van der Waals surface area contributed by atoms with Gasteiger partial charge in [0.2, 0.25) is 11.8 Å². The molecule has 30 heavy (non-hydrogen) atoms. The average molecular weight is 409 g/mol. The maximum atomic E-state index is 13.1. The van der Waals surface area contributed by atoms with Crippen LogP contribution in [0.5, 0.6) is 5.75 Å². The summed E-state index contributed by atoms with van der Waals surface area (Å²) >= 11 is 0. The second-order valence-corrected chi connectivity index (χ2v) is 8.75. The van der Waals surface area contributed by atoms with Crippen LogP contribution in [0, 0.1) is 5.92 Å². The smallest absolute Gasteiger partial charge is 0.229 e. The van der Waals surface area contributed by atoms with E-state index < -0.39 is 0 Å². The number of nitrogens with zero attached hydrogens (tertiary/aromatic N) is 2. The summed E-state index contributed by atoms with van der Waals surface area (Å²) in [6, 6.07) is 12.2. The van der Waals surface area contributed by atoms with Crippen molar-refractivity contribution in [2.45, 2.75) is 44.9 Å². The Labute approximate surface area is 179 Å². The fraction of sp³-hybridized carbons (Fsp3) is 0.520. The third-order valence-electron chi connectivity index (χ3n) is 6.82. The molecule has 1 aliphatic carbocycles. The first-order valence-electron chi connectivity index (χ1n) is 11.2. The van der Waals surface area contributed by atoms with Gasteiger partial charge in [-0.05, 0) is 54.2 Å². The molecule has 1 saturated heterocycles. The van der Waals surface area contributed by atoms with Gasteiger partial charge in [0.15, 0.2) is 0 Å². The molecule has 0 unspecified atom stereocenters. The van der Waals surface area contributed by atoms with Crippen LogP contribution in [-0.4, -0.2) is 54.9 Å². The molecule has 2 fully saturated rings. The highest BCUT2D eigenvalue weighted by atomic mass is 16.5. The van der Waals surface area contributed by atoms with E-state index in [-0.39, 0.29) is 17.7 Å². The van der Waals surface area contributed by atoms with Gasteiger partial charge in [-0.3, -0.25) is 9.59 Å². The number of ether oxygens (including phenoxy) is 1. The first kappa shape index (κ1) is 20.7. The highest BCUT2D eigenvalue weighted by Gasteiger charge is 2.29. The number of fused-ring (bicyclic) bond motifs is 1. The van der Waals surface area contributed by atoms with Gasteiger partial charge in [-0.2, -0.15) is 0 Å². The number of methoxy groups -OCH3 is 1. The first-order valence-corrected chi connectivity index (χ1v) is 11.2. The summed E-state index contributed by atoms with van der Waals surface area (Å²) in [6.07, 6.45) is 5.60. The lowest BCUT2D eigenvalue weighted by atomic mass is 9.96. The molecule has 1 aliphatic heterocycles. The van der Waals surface area contributed by atoms with Crippen molar-refractivity contribution in [1.29, 1.82) is 0 Å². The normalized spacial score (nSPS) is 18.6. The zero-order valence-electron chi connectivity index (χ0n) is 18.1. The van der Waals surface area contributed by atoms with Gasteiger partial charge in [-0.1, -0.05) is 37.1 Å². The highest BCUT2D eigenvalue weighted by Crippen LogP contribution is 2.29. The van der Waals surface area contributed by atoms with Crippen molar-refractivity contribution in [3.05, 3.63) is 42.0 Å². The Morgan fingerprint density at radius 1 is 0.967 bits per heavy atom. The fourth-order valence-corrected chi connectivity index (χ4v) is 4.82. The average Bonchev–Trinajstić information content (AvgIpc) is 3.30. The van der Waals surface area contributed by atoms with Crippen LogP contribution in [0.25, 0.3) is 10.8 Å². The van der Waals surface area contributed by atoms with E-state index in [9.17, 15) is 9.59 Å². The molecule has 0 bridgehead atoms. The Kier molecular flexibility index (Phi) is 6.26. The second kappa shape index (κ2) is 9.07. The molecule has 1 saturated carbocycles. The number of benzene rings is 2. The van der Waals surface area contributed by atoms with Crippen molar-refractivity contribution in [3.63, 3.8) is 0 Å². The van der Waals surface area contributed by atoms with Crippen LogP contribution in [0.3, 0.4) is 0 Å². The summed E-state index contributed by atoms with van der Waals surface area (Å²) in [5.74, 6) is 1.62. The number of carbonyl (C=O) groups is 2. The van der Waals surface area contributed by atoms with Gasteiger partial charge in [-0.25, -0.2) is 0 Å². The molecule has 4 rings (SSSR count). The van der Waals surface area contributed by atoms with Crippen LogP contribution < -0.4 is 4.74 Å². The third-order valence-corrected chi connectivity index (χ3v) is 6.82. The van der Waals surface area contributed by atoms with Crippen LogP contribution in [-0.2, 0) is 9.59 Å². The zero-order valence-corrected chi connectivity index (χ0v) is 18.1. The number of piperazine rings is 1. The van der Waals surface area contributed by atoms with Gasteiger partial charge >= 0.3 is 0 Å². The summed E-state index contributed by atoms with van der Waals surface area (Å²) in [6.45, 7) is 4.54. The number of carbonyl (C=O) groups excluding carboxylic acids is 2. The van der Waals surface area contributed by atoms with E-state index in [4.69, 9.17) is 4.74 Å². The van der Waals surface area contributed by atoms with E-state index in [0.717, 1.165) is 22.1 Å². The van der Waals surface area contributed by atoms with E-state index in [1.165, 1.54) is 25.7 Å². The number of amides is 2. The lowest BCUT2D eigenvalue weighted by Crippen LogP contribution is -2.51. The van der Waals surface area contributed by atoms with Gasteiger partial charge in [-0.15, -0.1) is 0 Å². The monoisotopic (exact) mass is 408 g/mol. The SMILES string of the molecule is COc1ccc2cc([C@H](C)C(=O)N3CCN(C(=O)CC4CCCC4)CC3)ccc2c1. The van der Waals surface area contributed by atoms with Crippen LogP contribution in [0.15, 0.2) is 36.4 Å². The minimum Gasteiger partial charge on any atom is -0.497 e. The predicted molar refractivity (Wildman–Crippen MR) is 119 cm³/mol. The molecule has 5 heteroatoms. The Morgan fingerprint density at radius 2 is 1.60 bits per heavy atom. The third kappa shape index (κ3) is 4.45. The molecule has 1 atom stereocenters. The van der Waals surface area contributed by atoms with Crippen molar-refractivity contribution in [3.8, 4) is 5.75 Å². The van der Waals surface area contributed by atoms with Gasteiger partial charge in [0.05, 0.1) is 13.0 Å². The molecule has 0 aromatic heterocycles. The summed E-state index contributed by atoms with van der Waals surface area (Å²) in [5.41, 5.74) is 1.03. The van der Waals surface area contributed by atoms with Crippen molar-refractivity contribution in [2.75, 3.05) is 33.3 Å². The minimum atomic E-state index is -0.197. The molecule has 160 valence electrons. The molecular weight excluding hydrogens is 376 g/mol. The molecule has 2 aromatic carbocycles. The quantitative estimate of drug-likeness (QED) is 0.745. The topological polar surface area (TPSA) is 49.9 Å². The van der Waals surface area contributed by atoms with Gasteiger partial charge < -0.3 is 14.5 Å². The van der Waals surface area contributed by atoms with E-state index in [1.807, 2.05) is 41.0 Å². The van der Waals surface area contributed by atoms with E-state index in [2.05, 4.69) is 12.1 Å². The van der Waals surface area contributed by atoms with E-state index >= 15 is 0 Å². The molecular formula is C25H32N2O3. The standard InChI is InChI=1S/C25H32N2O3/c1-18(20-7-8-22-17-23(30-2)10-9-21(22)16-20)25(29)27-13-11-26(12-14-27)24(28)15-19-5-3-4-6-19/h7-10,16-19H,3-6,11-15H2,1-2H3/t18-/m0/s1. The second-order valence-electron chi connectivity index (χ2n) is 8.75. The van der Waals surface area contributed by atoms with Crippen molar-refractivity contribution in [2.24, 2.45) is 5.92 Å². The van der Waals surface area contributed by atoms with Crippen LogP contribution >= 0.6 is 0 Å². The van der Waals surface area contributed by atoms with Crippen molar-refractivity contribution >= 4 is 22.6 Å². The Hall–Kier alpha value is -2.56. The maximum Gasteiger partial charge on any atom is 0.229 e. The van der Waals surface area contributed by atoms with E-state index in [1.54, 1.807) is 7.11 Å². The molecule has 0 radical (unpaired) electrons. The molecule has 0 spiro atoms. The van der Waals surface area contributed by atoms with Crippen molar-refractivity contribution < 1.29 is 14.3 Å². The van der Waals surface area contributed by atoms with Crippen LogP contribution in [0.2, 0.25) is 0 Å². The van der Waals surface area contributed by atoms with Gasteiger partial charge in [0.1, 0.15) is 5.75 Å². The molecule has 1 heterocycles. The largest absolute Gasteiger partial charge is 0.497 e. The summed E-state index contributed by atoms with van der Waals surface area (Å²) < 4.78 is 5.29. The number of rotatable bonds is 5. The number of hydrogen-bond donors (Lipinski definition) is 0. The minimum absolute atomic E-state index is 0.144. The molecule has 2 amide bonds. The predicted octanol–water partition coefficient (Wildman–Crippen LogP) is 4.20. The van der Waals surface area contributed by atoms with E-state index in [0.29, 0.717) is 38.5 Å². The summed E-state index contributed by atoms with van der Waals surface area (Å²) in [5, 5.41) is 2.21. The molecule has 5 nitrogen and oxygen atoms in total. The highest BCUT2D eigenvalue weighted by molar-refractivity contribution is 5.88. The maximum absolute atomic E-state index is 13.1. The summed E-state index contributed by atoms with van der Waals surface area (Å²) in [4.78, 5) is 29.5. The first-order chi connectivity index (χ1) is 14.5. The molecule has 0 N–H and O–H groups in total. The molecule has 2 aromatic rings. The van der Waals surface area contributed by atoms with Crippen LogP contribution in [0.1, 0.15) is 50.5 Å². The Morgan fingerprint density at radius 3 is 2.30 bits per heavy atom. The van der Waals surface area contributed by atoms with Crippen molar-refractivity contribution in [1.82, 2.24) is 9.80 Å².